The zero-order chi connectivity index (χ0) is 18.0. The quantitative estimate of drug-likeness (QED) is 0.207. The average Bonchev–Trinajstić information content (AvgIpc) is 2.54. The van der Waals surface area contributed by atoms with Crippen LogP contribution in [0.2, 0.25) is 0 Å². The van der Waals surface area contributed by atoms with Crippen molar-refractivity contribution in [2.24, 2.45) is 4.99 Å². The smallest absolute Gasteiger partial charge is 0.422 e. The minimum atomic E-state index is -4.40. The van der Waals surface area contributed by atoms with Crippen LogP contribution in [0, 0.1) is 0 Å². The fraction of sp³-hybridized carbons (Fsp3) is 0.500. The van der Waals surface area contributed by atoms with Crippen LogP contribution in [0.4, 0.5) is 13.2 Å². The van der Waals surface area contributed by atoms with Crippen LogP contribution in [-0.4, -0.2) is 49.3 Å². The zero-order valence-corrected chi connectivity index (χ0v) is 16.7. The number of halogens is 4. The van der Waals surface area contributed by atoms with Gasteiger partial charge in [0, 0.05) is 38.9 Å². The highest BCUT2D eigenvalue weighted by atomic mass is 127. The van der Waals surface area contributed by atoms with E-state index in [9.17, 15) is 13.2 Å². The van der Waals surface area contributed by atoms with Gasteiger partial charge in [-0.1, -0.05) is 12.1 Å². The molecule has 0 fully saturated rings. The molecule has 1 heterocycles. The fourth-order valence-corrected chi connectivity index (χ4v) is 1.98. The second kappa shape index (κ2) is 11.9. The van der Waals surface area contributed by atoms with E-state index in [1.807, 2.05) is 18.0 Å². The lowest BCUT2D eigenvalue weighted by molar-refractivity contribution is -0.154. The fourth-order valence-electron chi connectivity index (χ4n) is 1.98. The molecular weight excluding hydrogens is 448 g/mol. The number of rotatable bonds is 8. The average molecular weight is 472 g/mol. The van der Waals surface area contributed by atoms with Crippen LogP contribution in [-0.2, 0) is 6.54 Å². The van der Waals surface area contributed by atoms with E-state index in [4.69, 9.17) is 4.74 Å². The summed E-state index contributed by atoms with van der Waals surface area (Å²) >= 11 is 0. The third-order valence-electron chi connectivity index (χ3n) is 3.13. The van der Waals surface area contributed by atoms with Crippen molar-refractivity contribution in [3.8, 4) is 5.88 Å². The Bertz CT molecular complexity index is 552. The number of hydrogen-bond donors (Lipinski definition) is 1. The number of allylic oxidation sites excluding steroid dienone is 1. The largest absolute Gasteiger partial charge is 0.468 e. The number of aromatic nitrogens is 1. The van der Waals surface area contributed by atoms with Gasteiger partial charge in [0.2, 0.25) is 5.88 Å². The molecule has 1 aromatic rings. The van der Waals surface area contributed by atoms with E-state index in [0.29, 0.717) is 11.5 Å². The summed E-state index contributed by atoms with van der Waals surface area (Å²) < 4.78 is 41.6. The van der Waals surface area contributed by atoms with Gasteiger partial charge in [0.15, 0.2) is 12.6 Å². The molecule has 9 heteroatoms. The number of aliphatic imine (C=N–C) groups is 1. The molecule has 0 radical (unpaired) electrons. The SMILES string of the molecule is C=CCCCN(C)C(=NC)NCc1cccnc1OCC(F)(F)F.I. The minimum absolute atomic E-state index is 0. The highest BCUT2D eigenvalue weighted by Gasteiger charge is 2.29. The van der Waals surface area contributed by atoms with Gasteiger partial charge < -0.3 is 15.0 Å². The van der Waals surface area contributed by atoms with Crippen molar-refractivity contribution in [1.82, 2.24) is 15.2 Å². The Hall–Kier alpha value is -1.52. The van der Waals surface area contributed by atoms with Gasteiger partial charge in [-0.3, -0.25) is 4.99 Å². The van der Waals surface area contributed by atoms with Crippen LogP contribution in [0.25, 0.3) is 0 Å². The first kappa shape index (κ1) is 23.5. The van der Waals surface area contributed by atoms with Crippen molar-refractivity contribution in [2.45, 2.75) is 25.6 Å². The number of nitrogens with one attached hydrogen (secondary N) is 1. The molecule has 1 aromatic heterocycles. The molecule has 0 saturated heterocycles. The second-order valence-corrected chi connectivity index (χ2v) is 5.12. The summed E-state index contributed by atoms with van der Waals surface area (Å²) in [5.41, 5.74) is 0.530. The van der Waals surface area contributed by atoms with E-state index in [1.165, 1.54) is 6.20 Å². The predicted molar refractivity (Wildman–Crippen MR) is 103 cm³/mol. The number of ether oxygens (including phenoxy) is 1. The molecule has 0 saturated carbocycles. The predicted octanol–water partition coefficient (Wildman–Crippen LogP) is 3.61. The molecule has 0 aliphatic carbocycles. The standard InChI is InChI=1S/C16H23F3N4O.HI/c1-4-5-6-10-23(3)15(20-2)22-11-13-8-7-9-21-14(13)24-12-16(17,18)19;/h4,7-9H,1,5-6,10-12H2,2-3H3,(H,20,22);1H. The van der Waals surface area contributed by atoms with Gasteiger partial charge in [0.25, 0.3) is 0 Å². The first-order chi connectivity index (χ1) is 11.4. The van der Waals surface area contributed by atoms with Gasteiger partial charge in [-0.25, -0.2) is 4.98 Å². The van der Waals surface area contributed by atoms with Crippen LogP contribution in [0.1, 0.15) is 18.4 Å². The van der Waals surface area contributed by atoms with Crippen molar-refractivity contribution < 1.29 is 17.9 Å². The summed E-state index contributed by atoms with van der Waals surface area (Å²) in [6.45, 7) is 3.36. The van der Waals surface area contributed by atoms with E-state index in [0.717, 1.165) is 19.4 Å². The normalized spacial score (nSPS) is 11.5. The Labute approximate surface area is 163 Å². The van der Waals surface area contributed by atoms with Gasteiger partial charge in [-0.2, -0.15) is 13.2 Å². The molecule has 0 bridgehead atoms. The van der Waals surface area contributed by atoms with Crippen LogP contribution in [0.3, 0.4) is 0 Å². The summed E-state index contributed by atoms with van der Waals surface area (Å²) in [6.07, 6.45) is 0.686. The van der Waals surface area contributed by atoms with Crippen molar-refractivity contribution in [3.63, 3.8) is 0 Å². The highest BCUT2D eigenvalue weighted by Crippen LogP contribution is 2.19. The van der Waals surface area contributed by atoms with Crippen molar-refractivity contribution >= 4 is 29.9 Å². The van der Waals surface area contributed by atoms with E-state index < -0.39 is 12.8 Å². The van der Waals surface area contributed by atoms with Crippen molar-refractivity contribution in [3.05, 3.63) is 36.5 Å². The van der Waals surface area contributed by atoms with Crippen LogP contribution >= 0.6 is 24.0 Å². The van der Waals surface area contributed by atoms with E-state index >= 15 is 0 Å². The summed E-state index contributed by atoms with van der Waals surface area (Å²) in [5.74, 6) is 0.608. The van der Waals surface area contributed by atoms with Gasteiger partial charge in [0.1, 0.15) is 0 Å². The topological polar surface area (TPSA) is 49.8 Å². The molecule has 0 unspecified atom stereocenters. The Morgan fingerprint density at radius 2 is 2.20 bits per heavy atom. The lowest BCUT2D eigenvalue weighted by atomic mass is 10.2. The molecule has 0 atom stereocenters. The number of pyridine rings is 1. The third kappa shape index (κ3) is 9.51. The van der Waals surface area contributed by atoms with E-state index in [-0.39, 0.29) is 36.4 Å². The van der Waals surface area contributed by atoms with Gasteiger partial charge in [-0.15, -0.1) is 30.6 Å². The maximum absolute atomic E-state index is 12.3. The van der Waals surface area contributed by atoms with E-state index in [1.54, 1.807) is 19.2 Å². The number of unbranched alkanes of at least 4 members (excludes halogenated alkanes) is 1. The third-order valence-corrected chi connectivity index (χ3v) is 3.13. The maximum atomic E-state index is 12.3. The Balaban J connectivity index is 0.00000576. The second-order valence-electron chi connectivity index (χ2n) is 5.12. The van der Waals surface area contributed by atoms with Crippen molar-refractivity contribution in [1.29, 1.82) is 0 Å². The van der Waals surface area contributed by atoms with Crippen LogP contribution in [0.5, 0.6) is 5.88 Å². The molecule has 1 rings (SSSR count). The monoisotopic (exact) mass is 472 g/mol. The molecule has 0 aliphatic heterocycles. The van der Waals surface area contributed by atoms with Crippen LogP contribution in [0.15, 0.2) is 36.0 Å². The van der Waals surface area contributed by atoms with Crippen molar-refractivity contribution in [2.75, 3.05) is 27.2 Å². The Morgan fingerprint density at radius 1 is 1.48 bits per heavy atom. The summed E-state index contributed by atoms with van der Waals surface area (Å²) in [5, 5.41) is 3.10. The summed E-state index contributed by atoms with van der Waals surface area (Å²) in [7, 11) is 3.54. The molecular formula is C16H24F3IN4O. The molecule has 0 amide bonds. The molecule has 0 aliphatic rings. The Morgan fingerprint density at radius 3 is 2.80 bits per heavy atom. The highest BCUT2D eigenvalue weighted by molar-refractivity contribution is 14.0. The number of guanidine groups is 1. The summed E-state index contributed by atoms with van der Waals surface area (Å²) in [4.78, 5) is 9.97. The molecule has 0 aromatic carbocycles. The van der Waals surface area contributed by atoms with Gasteiger partial charge in [0.05, 0.1) is 0 Å². The van der Waals surface area contributed by atoms with Crippen LogP contribution < -0.4 is 10.1 Å². The maximum Gasteiger partial charge on any atom is 0.422 e. The molecule has 1 N–H and O–H groups in total. The first-order valence-corrected chi connectivity index (χ1v) is 7.53. The summed E-state index contributed by atoms with van der Waals surface area (Å²) in [6, 6.07) is 3.31. The number of alkyl halides is 3. The lowest BCUT2D eigenvalue weighted by Gasteiger charge is -2.22. The number of nitrogens with zero attached hydrogens (tertiary/aromatic N) is 3. The first-order valence-electron chi connectivity index (χ1n) is 7.53. The lowest BCUT2D eigenvalue weighted by Crippen LogP contribution is -2.39. The Kier molecular flexibility index (Phi) is 11.2. The minimum Gasteiger partial charge on any atom is -0.468 e. The van der Waals surface area contributed by atoms with E-state index in [2.05, 4.69) is 21.9 Å². The molecule has 25 heavy (non-hydrogen) atoms. The van der Waals surface area contributed by atoms with Gasteiger partial charge in [-0.05, 0) is 18.9 Å². The van der Waals surface area contributed by atoms with Gasteiger partial charge >= 0.3 is 6.18 Å². The zero-order valence-electron chi connectivity index (χ0n) is 14.3. The molecule has 0 spiro atoms. The molecule has 5 nitrogen and oxygen atoms in total. The number of hydrogen-bond acceptors (Lipinski definition) is 3. The molecule has 142 valence electrons.